The van der Waals surface area contributed by atoms with Gasteiger partial charge in [0.15, 0.2) is 0 Å². The van der Waals surface area contributed by atoms with Crippen molar-refractivity contribution in [3.63, 3.8) is 0 Å². The van der Waals surface area contributed by atoms with E-state index < -0.39 is 0 Å². The molecular formula is C57H55NS. The van der Waals surface area contributed by atoms with Gasteiger partial charge in [-0.2, -0.15) is 0 Å². The summed E-state index contributed by atoms with van der Waals surface area (Å²) in [4.78, 5) is 5.66. The molecule has 6 atom stereocenters. The van der Waals surface area contributed by atoms with Gasteiger partial charge in [-0.15, -0.1) is 0 Å². The first-order valence-corrected chi connectivity index (χ1v) is 23.5. The van der Waals surface area contributed by atoms with Crippen LogP contribution in [0.2, 0.25) is 0 Å². The first-order chi connectivity index (χ1) is 28.4. The molecule has 6 unspecified atom stereocenters. The molecule has 59 heavy (non-hydrogen) atoms. The monoisotopic (exact) mass is 785 g/mol. The second-order valence-corrected chi connectivity index (χ2v) is 22.7. The molecule has 0 N–H and O–H groups in total. The van der Waals surface area contributed by atoms with Crippen LogP contribution in [0.3, 0.4) is 0 Å². The highest BCUT2D eigenvalue weighted by molar-refractivity contribution is 7.99. The van der Waals surface area contributed by atoms with Gasteiger partial charge in [0.05, 0.1) is 5.69 Å². The Morgan fingerprint density at radius 2 is 1.19 bits per heavy atom. The van der Waals surface area contributed by atoms with E-state index in [0.717, 1.165) is 23.7 Å². The second-order valence-electron chi connectivity index (χ2n) is 21.6. The fraction of sp³-hybridized carbons (Fsp3) is 0.368. The lowest BCUT2D eigenvalue weighted by Crippen LogP contribution is -2.74. The molecule has 4 saturated carbocycles. The summed E-state index contributed by atoms with van der Waals surface area (Å²) in [5.74, 6) is 3.32. The Balaban J connectivity index is 1.11. The van der Waals surface area contributed by atoms with Crippen molar-refractivity contribution in [1.82, 2.24) is 0 Å². The maximum Gasteiger partial charge on any atom is 0.0610 e. The molecule has 6 aromatic rings. The van der Waals surface area contributed by atoms with Gasteiger partial charge >= 0.3 is 0 Å². The molecule has 0 saturated heterocycles. The second kappa shape index (κ2) is 11.4. The number of rotatable bonds is 4. The number of anilines is 3. The zero-order valence-corrected chi connectivity index (χ0v) is 36.3. The van der Waals surface area contributed by atoms with Crippen molar-refractivity contribution in [3.8, 4) is 22.3 Å². The first-order valence-electron chi connectivity index (χ1n) is 22.6. The maximum absolute atomic E-state index is 2.70. The summed E-state index contributed by atoms with van der Waals surface area (Å²) in [6.07, 6.45) is 8.17. The summed E-state index contributed by atoms with van der Waals surface area (Å²) in [6.45, 7) is 14.7. The average Bonchev–Trinajstić information content (AvgIpc) is 3.85. The zero-order valence-electron chi connectivity index (χ0n) is 35.5. The molecular weight excluding hydrogens is 731 g/mol. The van der Waals surface area contributed by atoms with E-state index in [-0.39, 0.29) is 21.7 Å². The quantitative estimate of drug-likeness (QED) is 0.175. The number of benzene rings is 6. The molecule has 4 fully saturated rings. The zero-order chi connectivity index (χ0) is 39.8. The van der Waals surface area contributed by atoms with Gasteiger partial charge in [0, 0.05) is 32.0 Å². The highest BCUT2D eigenvalue weighted by Crippen LogP contribution is 2.89. The Kier molecular flexibility index (Phi) is 6.83. The maximum atomic E-state index is 2.70. The number of hydrogen-bond acceptors (Lipinski definition) is 2. The molecule has 2 bridgehead atoms. The molecule has 1 heterocycles. The van der Waals surface area contributed by atoms with Crippen LogP contribution in [-0.4, -0.2) is 0 Å². The summed E-state index contributed by atoms with van der Waals surface area (Å²) < 4.78 is 0. The Bertz CT molecular complexity index is 2790. The molecule has 294 valence electrons. The molecule has 1 nitrogen and oxygen atoms in total. The fourth-order valence-electron chi connectivity index (χ4n) is 15.1. The van der Waals surface area contributed by atoms with E-state index >= 15 is 0 Å². The van der Waals surface area contributed by atoms with Gasteiger partial charge in [0.25, 0.3) is 0 Å². The van der Waals surface area contributed by atoms with Gasteiger partial charge in [-0.25, -0.2) is 0 Å². The van der Waals surface area contributed by atoms with Crippen LogP contribution in [0.25, 0.3) is 22.3 Å². The van der Waals surface area contributed by atoms with E-state index in [1.807, 2.05) is 0 Å². The van der Waals surface area contributed by atoms with Crippen LogP contribution < -0.4 is 4.90 Å². The van der Waals surface area contributed by atoms with Crippen LogP contribution in [-0.2, 0) is 21.7 Å². The van der Waals surface area contributed by atoms with Gasteiger partial charge in [0.1, 0.15) is 0 Å². The van der Waals surface area contributed by atoms with Crippen LogP contribution in [0.15, 0.2) is 137 Å². The largest absolute Gasteiger partial charge is 0.309 e. The minimum Gasteiger partial charge on any atom is -0.309 e. The van der Waals surface area contributed by atoms with E-state index in [1.54, 1.807) is 11.1 Å². The normalized spacial score (nSPS) is 29.6. The molecule has 13 rings (SSSR count). The Hall–Kier alpha value is -4.53. The molecule has 6 aliphatic carbocycles. The third-order valence-electron chi connectivity index (χ3n) is 17.8. The van der Waals surface area contributed by atoms with Gasteiger partial charge in [-0.3, -0.25) is 0 Å². The van der Waals surface area contributed by atoms with Crippen molar-refractivity contribution in [3.05, 3.63) is 161 Å². The van der Waals surface area contributed by atoms with Crippen molar-refractivity contribution < 1.29 is 0 Å². The summed E-state index contributed by atoms with van der Waals surface area (Å²) in [5.41, 5.74) is 19.2. The minimum absolute atomic E-state index is 0.0670. The predicted octanol–water partition coefficient (Wildman–Crippen LogP) is 15.3. The van der Waals surface area contributed by atoms with Gasteiger partial charge < -0.3 is 4.90 Å². The van der Waals surface area contributed by atoms with Crippen molar-refractivity contribution in [1.29, 1.82) is 0 Å². The van der Waals surface area contributed by atoms with E-state index in [2.05, 4.69) is 186 Å². The molecule has 0 radical (unpaired) electrons. The molecule has 2 spiro atoms. The van der Waals surface area contributed by atoms with E-state index in [9.17, 15) is 0 Å². The van der Waals surface area contributed by atoms with E-state index in [4.69, 9.17) is 0 Å². The first kappa shape index (κ1) is 35.2. The average molecular weight is 786 g/mol. The van der Waals surface area contributed by atoms with Crippen molar-refractivity contribution >= 4 is 28.8 Å². The molecule has 1 aliphatic heterocycles. The predicted molar refractivity (Wildman–Crippen MR) is 246 cm³/mol. The SMILES string of the molecule is CC1(C)CCC(C)(C)c2cc(N(c3ccc4c(c3)C(C)(C)c3ccccc3-4)c3cc(-c4ccccc4)cc4c3Sc3ccccc3C43C4CC5CC6CC3C64C5)ccc21. The van der Waals surface area contributed by atoms with E-state index in [0.29, 0.717) is 5.41 Å². The highest BCUT2D eigenvalue weighted by atomic mass is 32.2. The summed E-state index contributed by atoms with van der Waals surface area (Å²) in [5, 5.41) is 0. The number of nitrogens with zero attached hydrogens (tertiary/aromatic N) is 1. The van der Waals surface area contributed by atoms with Crippen molar-refractivity contribution in [2.75, 3.05) is 4.90 Å². The highest BCUT2D eigenvalue weighted by Gasteiger charge is 2.84. The summed E-state index contributed by atoms with van der Waals surface area (Å²) >= 11 is 2.06. The van der Waals surface area contributed by atoms with Crippen molar-refractivity contribution in [2.45, 2.75) is 112 Å². The molecule has 6 aromatic carbocycles. The lowest BCUT2D eigenvalue weighted by atomic mass is 9.26. The molecule has 0 amide bonds. The fourth-order valence-corrected chi connectivity index (χ4v) is 16.4. The smallest absolute Gasteiger partial charge is 0.0610 e. The number of hydrogen-bond donors (Lipinski definition) is 0. The van der Waals surface area contributed by atoms with E-state index in [1.165, 1.54) is 110 Å². The third kappa shape index (κ3) is 4.30. The van der Waals surface area contributed by atoms with Gasteiger partial charge in [0.2, 0.25) is 0 Å². The van der Waals surface area contributed by atoms with Gasteiger partial charge in [-0.05, 0) is 177 Å². The third-order valence-corrected chi connectivity index (χ3v) is 19.0. The van der Waals surface area contributed by atoms with Crippen LogP contribution in [0.1, 0.15) is 113 Å². The lowest BCUT2D eigenvalue weighted by Gasteiger charge is -2.78. The van der Waals surface area contributed by atoms with Crippen LogP contribution in [0, 0.1) is 29.1 Å². The number of fused-ring (bicyclic) bond motifs is 11. The van der Waals surface area contributed by atoms with Crippen LogP contribution >= 0.6 is 11.8 Å². The standard InChI is InChI=1S/C57H55NS/c1-53(2)24-25-54(3,4)46-32-39(21-23-43(46)53)58(38-20-22-41-40-16-10-11-17-42(40)55(5,6)45(41)31-38)48-29-36(35-14-8-7-9-15-35)28-47-52(48)59-49-19-13-12-18-44(49)57(47)50-27-34-26-37-30-51(57)56(37,50)33-34/h7-23,28-29,31-32,34,37,50-51H,24-27,30,33H2,1-6H3. The topological polar surface area (TPSA) is 3.24 Å². The Labute approximate surface area is 355 Å². The molecule has 2 heteroatoms. The Morgan fingerprint density at radius 1 is 0.525 bits per heavy atom. The minimum atomic E-state index is -0.0959. The van der Waals surface area contributed by atoms with Crippen molar-refractivity contribution in [2.24, 2.45) is 29.1 Å². The lowest BCUT2D eigenvalue weighted by molar-refractivity contribution is -0.235. The molecule has 7 aliphatic rings. The Morgan fingerprint density at radius 3 is 1.98 bits per heavy atom. The van der Waals surface area contributed by atoms with Crippen LogP contribution in [0.4, 0.5) is 17.1 Å². The summed E-state index contributed by atoms with van der Waals surface area (Å²) in [6, 6.07) is 50.3. The van der Waals surface area contributed by atoms with Crippen LogP contribution in [0.5, 0.6) is 0 Å². The molecule has 0 aromatic heterocycles. The van der Waals surface area contributed by atoms with Gasteiger partial charge in [-0.1, -0.05) is 138 Å². The summed E-state index contributed by atoms with van der Waals surface area (Å²) in [7, 11) is 0.